The summed E-state index contributed by atoms with van der Waals surface area (Å²) >= 11 is 19.2. The third kappa shape index (κ3) is 8.62. The molecule has 242 valence electrons. The van der Waals surface area contributed by atoms with Crippen molar-refractivity contribution >= 4 is 62.3 Å². The minimum Gasteiger partial charge on any atom is -0.352 e. The Bertz CT molecular complexity index is 1770. The highest BCUT2D eigenvalue weighted by Gasteiger charge is 2.35. The Labute approximate surface area is 286 Å². The lowest BCUT2D eigenvalue weighted by atomic mass is 10.0. The first-order chi connectivity index (χ1) is 21.9. The van der Waals surface area contributed by atoms with Gasteiger partial charge in [0.15, 0.2) is 0 Å². The lowest BCUT2D eigenvalue weighted by Gasteiger charge is -2.35. The van der Waals surface area contributed by atoms with Gasteiger partial charge in [0.05, 0.1) is 10.6 Å². The summed E-state index contributed by atoms with van der Waals surface area (Å²) in [4.78, 5) is 30.0. The number of amides is 2. The Morgan fingerprint density at radius 1 is 0.848 bits per heavy atom. The molecule has 0 aliphatic carbocycles. The van der Waals surface area contributed by atoms with Crippen molar-refractivity contribution in [3.63, 3.8) is 0 Å². The predicted octanol–water partition coefficient (Wildman–Crippen LogP) is 7.71. The van der Waals surface area contributed by atoms with Crippen LogP contribution in [-0.2, 0) is 32.6 Å². The highest BCUT2D eigenvalue weighted by atomic mass is 35.5. The number of carbonyl (C=O) groups is 2. The molecule has 0 aliphatic rings. The Morgan fingerprint density at radius 3 is 2.13 bits per heavy atom. The van der Waals surface area contributed by atoms with Crippen LogP contribution in [0.25, 0.3) is 0 Å². The lowest BCUT2D eigenvalue weighted by Crippen LogP contribution is -2.54. The molecule has 1 N–H and O–H groups in total. The molecule has 4 aromatic rings. The highest BCUT2D eigenvalue weighted by Crippen LogP contribution is 2.32. The van der Waals surface area contributed by atoms with Crippen molar-refractivity contribution in [1.82, 2.24) is 10.2 Å². The first-order valence-corrected chi connectivity index (χ1v) is 17.4. The fourth-order valence-corrected chi connectivity index (χ4v) is 7.06. The minimum atomic E-state index is -4.25. The number of halogens is 3. The van der Waals surface area contributed by atoms with E-state index >= 15 is 0 Å². The number of hydrogen-bond donors (Lipinski definition) is 1. The molecule has 0 saturated heterocycles. The number of carbonyl (C=O) groups excluding carboxylic acids is 2. The van der Waals surface area contributed by atoms with E-state index in [1.807, 2.05) is 44.2 Å². The van der Waals surface area contributed by atoms with Gasteiger partial charge in [-0.2, -0.15) is 0 Å². The second kappa shape index (κ2) is 15.8. The molecule has 0 saturated carbocycles. The summed E-state index contributed by atoms with van der Waals surface area (Å²) in [5, 5.41) is 4.09. The molecule has 4 aromatic carbocycles. The maximum absolute atomic E-state index is 14.6. The maximum Gasteiger partial charge on any atom is 0.264 e. The van der Waals surface area contributed by atoms with Gasteiger partial charge in [-0.05, 0) is 73.4 Å². The molecule has 2 atom stereocenters. The Kier molecular flexibility index (Phi) is 12.1. The van der Waals surface area contributed by atoms with Crippen LogP contribution in [0.2, 0.25) is 15.1 Å². The topological polar surface area (TPSA) is 86.8 Å². The minimum absolute atomic E-state index is 0.00446. The van der Waals surface area contributed by atoms with Gasteiger partial charge in [-0.15, -0.1) is 0 Å². The van der Waals surface area contributed by atoms with Crippen LogP contribution in [0, 0.1) is 6.92 Å². The molecule has 11 heteroatoms. The van der Waals surface area contributed by atoms with E-state index in [1.54, 1.807) is 61.5 Å². The molecule has 0 fully saturated rings. The summed E-state index contributed by atoms with van der Waals surface area (Å²) in [7, 11) is -4.25. The number of nitrogens with zero attached hydrogens (tertiary/aromatic N) is 2. The second-order valence-corrected chi connectivity index (χ2v) is 14.1. The SMILES string of the molecule is CC[C@H](C)NC(=O)[C@@H](Cc1ccccc1)N(Cc1ccc(Cl)cc1Cl)C(=O)CN(c1cccc(Cl)c1C)S(=O)(=O)c1ccccc1. The van der Waals surface area contributed by atoms with E-state index in [2.05, 4.69) is 5.32 Å². The fourth-order valence-electron chi connectivity index (χ4n) is 4.93. The second-order valence-electron chi connectivity index (χ2n) is 11.0. The quantitative estimate of drug-likeness (QED) is 0.155. The van der Waals surface area contributed by atoms with Crippen LogP contribution in [0.15, 0.2) is 102 Å². The lowest BCUT2D eigenvalue weighted by molar-refractivity contribution is -0.140. The summed E-state index contributed by atoms with van der Waals surface area (Å²) in [6.07, 6.45) is 0.861. The van der Waals surface area contributed by atoms with E-state index in [-0.39, 0.29) is 35.5 Å². The summed E-state index contributed by atoms with van der Waals surface area (Å²) in [5.74, 6) is -0.974. The number of anilines is 1. The Hall–Kier alpha value is -3.56. The molecule has 0 radical (unpaired) electrons. The van der Waals surface area contributed by atoms with Crippen molar-refractivity contribution in [2.75, 3.05) is 10.8 Å². The molecule has 0 bridgehead atoms. The number of sulfonamides is 1. The van der Waals surface area contributed by atoms with Crippen LogP contribution in [0.3, 0.4) is 0 Å². The van der Waals surface area contributed by atoms with E-state index in [0.717, 1.165) is 9.87 Å². The number of rotatable bonds is 13. The molecule has 4 rings (SSSR count). The first-order valence-electron chi connectivity index (χ1n) is 14.8. The van der Waals surface area contributed by atoms with Gasteiger partial charge in [-0.25, -0.2) is 8.42 Å². The van der Waals surface area contributed by atoms with E-state index < -0.39 is 28.5 Å². The molecule has 0 spiro atoms. The van der Waals surface area contributed by atoms with Gasteiger partial charge in [-0.3, -0.25) is 13.9 Å². The van der Waals surface area contributed by atoms with Crippen LogP contribution < -0.4 is 9.62 Å². The molecular weight excluding hydrogens is 665 g/mol. The van der Waals surface area contributed by atoms with Crippen molar-refractivity contribution in [3.8, 4) is 0 Å². The van der Waals surface area contributed by atoms with Gasteiger partial charge in [0.25, 0.3) is 10.0 Å². The molecule has 0 aliphatic heterocycles. The summed E-state index contributed by atoms with van der Waals surface area (Å²) in [5.41, 5.74) is 2.11. The third-order valence-corrected chi connectivity index (χ3v) is 10.5. The standard InChI is InChI=1S/C35H36Cl3N3O4S/c1-4-24(2)39-35(43)33(20-26-12-7-5-8-13-26)40(22-27-18-19-28(36)21-31(27)38)34(42)23-41(32-17-11-16-30(37)25(32)3)46(44,45)29-14-9-6-10-15-29/h5-19,21,24,33H,4,20,22-23H2,1-3H3,(H,39,43)/t24-,33+/m0/s1. The van der Waals surface area contributed by atoms with Gasteiger partial charge in [0.1, 0.15) is 12.6 Å². The molecule has 46 heavy (non-hydrogen) atoms. The van der Waals surface area contributed by atoms with Crippen LogP contribution in [0.1, 0.15) is 37.0 Å². The molecule has 0 unspecified atom stereocenters. The molecule has 7 nitrogen and oxygen atoms in total. The average Bonchev–Trinajstić information content (AvgIpc) is 3.04. The van der Waals surface area contributed by atoms with E-state index in [4.69, 9.17) is 34.8 Å². The number of nitrogens with one attached hydrogen (secondary N) is 1. The van der Waals surface area contributed by atoms with Crippen LogP contribution >= 0.6 is 34.8 Å². The summed E-state index contributed by atoms with van der Waals surface area (Å²) < 4.78 is 29.4. The molecule has 2 amide bonds. The van der Waals surface area contributed by atoms with Gasteiger partial charge in [0, 0.05) is 34.1 Å². The molecule has 0 aromatic heterocycles. The van der Waals surface area contributed by atoms with Crippen molar-refractivity contribution < 1.29 is 18.0 Å². The van der Waals surface area contributed by atoms with Crippen molar-refractivity contribution in [2.45, 2.75) is 57.1 Å². The van der Waals surface area contributed by atoms with E-state index in [1.165, 1.54) is 17.0 Å². The largest absolute Gasteiger partial charge is 0.352 e. The summed E-state index contributed by atoms with van der Waals surface area (Å²) in [6, 6.07) is 25.8. The zero-order chi connectivity index (χ0) is 33.4. The Morgan fingerprint density at radius 2 is 1.50 bits per heavy atom. The number of hydrogen-bond acceptors (Lipinski definition) is 4. The molecule has 0 heterocycles. The highest BCUT2D eigenvalue weighted by molar-refractivity contribution is 7.92. The Balaban J connectivity index is 1.85. The van der Waals surface area contributed by atoms with Crippen LogP contribution in [0.4, 0.5) is 5.69 Å². The first kappa shape index (κ1) is 35.3. The average molecular weight is 701 g/mol. The fraction of sp³-hybridized carbons (Fsp3) is 0.257. The monoisotopic (exact) mass is 699 g/mol. The van der Waals surface area contributed by atoms with E-state index in [0.29, 0.717) is 32.6 Å². The van der Waals surface area contributed by atoms with Crippen LogP contribution in [-0.4, -0.2) is 43.8 Å². The van der Waals surface area contributed by atoms with Crippen molar-refractivity contribution in [3.05, 3.63) is 129 Å². The van der Waals surface area contributed by atoms with Crippen LogP contribution in [0.5, 0.6) is 0 Å². The molecular formula is C35H36Cl3N3O4S. The van der Waals surface area contributed by atoms with Crippen molar-refractivity contribution in [1.29, 1.82) is 0 Å². The predicted molar refractivity (Wildman–Crippen MR) is 186 cm³/mol. The van der Waals surface area contributed by atoms with E-state index in [9.17, 15) is 18.0 Å². The van der Waals surface area contributed by atoms with Crippen molar-refractivity contribution in [2.24, 2.45) is 0 Å². The summed E-state index contributed by atoms with van der Waals surface area (Å²) in [6.45, 7) is 4.85. The third-order valence-electron chi connectivity index (χ3n) is 7.75. The van der Waals surface area contributed by atoms with Gasteiger partial charge < -0.3 is 10.2 Å². The number of benzene rings is 4. The van der Waals surface area contributed by atoms with Gasteiger partial charge in [-0.1, -0.05) is 102 Å². The van der Waals surface area contributed by atoms with Gasteiger partial charge >= 0.3 is 0 Å². The zero-order valence-corrected chi connectivity index (χ0v) is 28.9. The smallest absolute Gasteiger partial charge is 0.264 e. The normalized spacial score (nSPS) is 12.7. The van der Waals surface area contributed by atoms with Gasteiger partial charge in [0.2, 0.25) is 11.8 Å². The maximum atomic E-state index is 14.6. The zero-order valence-electron chi connectivity index (χ0n) is 25.8.